The molecule has 3 aromatic rings. The Hall–Kier alpha value is -3.20. The zero-order chi connectivity index (χ0) is 20.9. The number of amides is 1. The molecular formula is C20H18FN3O4S. The number of sulfonamides is 1. The van der Waals surface area contributed by atoms with Gasteiger partial charge < -0.3 is 10.4 Å². The first-order chi connectivity index (χ1) is 13.7. The number of benzene rings is 2. The Labute approximate surface area is 166 Å². The number of pyridine rings is 1. The number of nitrogens with zero attached hydrogens (tertiary/aromatic N) is 2. The maximum Gasteiger partial charge on any atom is 0.255 e. The second-order valence-electron chi connectivity index (χ2n) is 7.01. The van der Waals surface area contributed by atoms with Crippen LogP contribution in [0.2, 0.25) is 0 Å². The van der Waals surface area contributed by atoms with E-state index in [0.717, 1.165) is 21.7 Å². The van der Waals surface area contributed by atoms with Gasteiger partial charge in [-0.2, -0.15) is 0 Å². The van der Waals surface area contributed by atoms with Gasteiger partial charge in [0.25, 0.3) is 5.91 Å². The van der Waals surface area contributed by atoms with Crippen LogP contribution in [0.3, 0.4) is 0 Å². The van der Waals surface area contributed by atoms with Crippen LogP contribution >= 0.6 is 0 Å². The summed E-state index contributed by atoms with van der Waals surface area (Å²) >= 11 is 0. The smallest absolute Gasteiger partial charge is 0.255 e. The summed E-state index contributed by atoms with van der Waals surface area (Å²) in [7, 11) is -2.23. The van der Waals surface area contributed by atoms with Crippen molar-refractivity contribution in [2.45, 2.75) is 13.0 Å². The number of nitrogens with one attached hydrogen (secondary N) is 1. The van der Waals surface area contributed by atoms with Crippen molar-refractivity contribution >= 4 is 32.5 Å². The van der Waals surface area contributed by atoms with Crippen LogP contribution in [0.25, 0.3) is 10.9 Å². The Morgan fingerprint density at radius 3 is 2.59 bits per heavy atom. The van der Waals surface area contributed by atoms with E-state index in [1.807, 2.05) is 0 Å². The fraction of sp³-hybridized carbons (Fsp3) is 0.200. The lowest BCUT2D eigenvalue weighted by Gasteiger charge is -2.22. The second kappa shape index (κ2) is 6.70. The van der Waals surface area contributed by atoms with Crippen molar-refractivity contribution in [2.75, 3.05) is 17.6 Å². The quantitative estimate of drug-likeness (QED) is 0.681. The molecule has 0 atom stereocenters. The topological polar surface area (TPSA) is 99.6 Å². The highest BCUT2D eigenvalue weighted by atomic mass is 32.2. The molecule has 1 aliphatic rings. The SMILES string of the molecule is CN(c1c2c(c(O)c3ncc(Cc4ccc(F)cc4)cc13)C(=O)NC2)S(C)(=O)=O. The zero-order valence-corrected chi connectivity index (χ0v) is 16.5. The molecule has 0 unspecified atom stereocenters. The van der Waals surface area contributed by atoms with E-state index in [2.05, 4.69) is 10.3 Å². The van der Waals surface area contributed by atoms with Crippen LogP contribution in [0, 0.1) is 5.82 Å². The summed E-state index contributed by atoms with van der Waals surface area (Å²) in [6, 6.07) is 7.79. The van der Waals surface area contributed by atoms with E-state index < -0.39 is 15.9 Å². The average Bonchev–Trinajstić information content (AvgIpc) is 3.04. The number of phenolic OH excluding ortho intramolecular Hbond substituents is 1. The fourth-order valence-electron chi connectivity index (χ4n) is 3.55. The van der Waals surface area contributed by atoms with Crippen LogP contribution in [-0.2, 0) is 23.0 Å². The Kier molecular flexibility index (Phi) is 4.42. The molecule has 1 aromatic heterocycles. The molecule has 150 valence electrons. The van der Waals surface area contributed by atoms with Crippen LogP contribution in [-0.4, -0.2) is 37.7 Å². The molecule has 7 nitrogen and oxygen atoms in total. The van der Waals surface area contributed by atoms with Gasteiger partial charge in [-0.15, -0.1) is 0 Å². The van der Waals surface area contributed by atoms with Gasteiger partial charge in [-0.3, -0.25) is 14.1 Å². The fourth-order valence-corrected chi connectivity index (χ4v) is 4.09. The van der Waals surface area contributed by atoms with Gasteiger partial charge in [-0.25, -0.2) is 12.8 Å². The van der Waals surface area contributed by atoms with Gasteiger partial charge in [0.2, 0.25) is 10.0 Å². The lowest BCUT2D eigenvalue weighted by Crippen LogP contribution is -2.26. The Bertz CT molecular complexity index is 1260. The summed E-state index contributed by atoms with van der Waals surface area (Å²) in [4.78, 5) is 16.5. The highest BCUT2D eigenvalue weighted by Gasteiger charge is 2.32. The van der Waals surface area contributed by atoms with E-state index >= 15 is 0 Å². The first-order valence-electron chi connectivity index (χ1n) is 8.80. The molecule has 0 fully saturated rings. The molecule has 2 heterocycles. The molecule has 0 bridgehead atoms. The third-order valence-corrected chi connectivity index (χ3v) is 6.21. The third-order valence-electron chi connectivity index (χ3n) is 5.03. The maximum atomic E-state index is 13.2. The molecule has 0 saturated carbocycles. The molecule has 29 heavy (non-hydrogen) atoms. The Morgan fingerprint density at radius 2 is 1.93 bits per heavy atom. The molecule has 0 spiro atoms. The van der Waals surface area contributed by atoms with Gasteiger partial charge in [0.15, 0.2) is 5.75 Å². The third kappa shape index (κ3) is 3.27. The standard InChI is InChI=1S/C20H18FN3O4S/c1-24(29(2,27)28)18-14-8-12(7-11-3-5-13(21)6-4-11)9-22-17(14)19(25)16-15(18)10-23-20(16)26/h3-6,8-9,25H,7,10H2,1-2H3,(H,23,26). The zero-order valence-electron chi connectivity index (χ0n) is 15.7. The largest absolute Gasteiger partial charge is 0.505 e. The minimum absolute atomic E-state index is 0.0433. The molecule has 1 aliphatic heterocycles. The molecule has 4 rings (SSSR count). The summed E-state index contributed by atoms with van der Waals surface area (Å²) in [5.41, 5.74) is 2.52. The first kappa shape index (κ1) is 19.1. The summed E-state index contributed by atoms with van der Waals surface area (Å²) in [5.74, 6) is -1.08. The van der Waals surface area contributed by atoms with Gasteiger partial charge in [0, 0.05) is 30.7 Å². The van der Waals surface area contributed by atoms with E-state index in [1.165, 1.54) is 19.2 Å². The second-order valence-corrected chi connectivity index (χ2v) is 9.02. The predicted octanol–water partition coefficient (Wildman–Crippen LogP) is 2.31. The van der Waals surface area contributed by atoms with Crippen LogP contribution < -0.4 is 9.62 Å². The van der Waals surface area contributed by atoms with Crippen molar-refractivity contribution in [1.29, 1.82) is 0 Å². The number of aromatic hydroxyl groups is 1. The van der Waals surface area contributed by atoms with E-state index in [4.69, 9.17) is 0 Å². The maximum absolute atomic E-state index is 13.2. The summed E-state index contributed by atoms with van der Waals surface area (Å²) < 4.78 is 38.8. The number of hydrogen-bond acceptors (Lipinski definition) is 5. The van der Waals surface area contributed by atoms with E-state index in [1.54, 1.807) is 24.4 Å². The number of hydrogen-bond donors (Lipinski definition) is 2. The van der Waals surface area contributed by atoms with Gasteiger partial charge in [0.05, 0.1) is 17.5 Å². The summed E-state index contributed by atoms with van der Waals surface area (Å²) in [6.07, 6.45) is 3.06. The number of phenols is 1. The van der Waals surface area contributed by atoms with E-state index in [9.17, 15) is 22.7 Å². The van der Waals surface area contributed by atoms with E-state index in [-0.39, 0.29) is 29.2 Å². The number of carbonyl (C=O) groups excluding carboxylic acids is 1. The number of carbonyl (C=O) groups is 1. The molecule has 0 radical (unpaired) electrons. The van der Waals surface area contributed by atoms with Crippen LogP contribution in [0.4, 0.5) is 10.1 Å². The van der Waals surface area contributed by atoms with Crippen molar-refractivity contribution in [3.8, 4) is 5.75 Å². The highest BCUT2D eigenvalue weighted by Crippen LogP contribution is 2.42. The Morgan fingerprint density at radius 1 is 1.24 bits per heavy atom. The van der Waals surface area contributed by atoms with Crippen molar-refractivity contribution in [2.24, 2.45) is 0 Å². The van der Waals surface area contributed by atoms with Gasteiger partial charge in [-0.1, -0.05) is 12.1 Å². The van der Waals surface area contributed by atoms with E-state index in [0.29, 0.717) is 23.1 Å². The van der Waals surface area contributed by atoms with Gasteiger partial charge >= 0.3 is 0 Å². The van der Waals surface area contributed by atoms with Crippen LogP contribution in [0.1, 0.15) is 27.0 Å². The number of rotatable bonds is 4. The minimum Gasteiger partial charge on any atom is -0.505 e. The molecule has 9 heteroatoms. The molecule has 1 amide bonds. The predicted molar refractivity (Wildman–Crippen MR) is 107 cm³/mol. The van der Waals surface area contributed by atoms with Crippen molar-refractivity contribution in [3.05, 3.63) is 64.6 Å². The lowest BCUT2D eigenvalue weighted by molar-refractivity contribution is 0.0963. The molecule has 0 saturated heterocycles. The average molecular weight is 415 g/mol. The van der Waals surface area contributed by atoms with Gasteiger partial charge in [-0.05, 0) is 35.7 Å². The molecule has 2 aromatic carbocycles. The lowest BCUT2D eigenvalue weighted by atomic mass is 9.98. The van der Waals surface area contributed by atoms with Crippen LogP contribution in [0.15, 0.2) is 36.5 Å². The summed E-state index contributed by atoms with van der Waals surface area (Å²) in [5, 5.41) is 13.7. The van der Waals surface area contributed by atoms with Gasteiger partial charge in [0.1, 0.15) is 11.3 Å². The number of fused-ring (bicyclic) bond motifs is 2. The molecule has 2 N–H and O–H groups in total. The van der Waals surface area contributed by atoms with Crippen molar-refractivity contribution < 1.29 is 22.7 Å². The molecular weight excluding hydrogens is 397 g/mol. The first-order valence-corrected chi connectivity index (χ1v) is 10.6. The normalized spacial score (nSPS) is 13.4. The van der Waals surface area contributed by atoms with Crippen molar-refractivity contribution in [3.63, 3.8) is 0 Å². The number of aromatic nitrogens is 1. The summed E-state index contributed by atoms with van der Waals surface area (Å²) in [6.45, 7) is 0.106. The minimum atomic E-state index is -3.63. The molecule has 0 aliphatic carbocycles. The number of anilines is 1. The monoisotopic (exact) mass is 415 g/mol. The van der Waals surface area contributed by atoms with Crippen molar-refractivity contribution in [1.82, 2.24) is 10.3 Å². The Balaban J connectivity index is 1.95. The number of halogens is 1. The van der Waals surface area contributed by atoms with Crippen LogP contribution in [0.5, 0.6) is 5.75 Å². The highest BCUT2D eigenvalue weighted by molar-refractivity contribution is 7.92.